The molecule has 1 aromatic carbocycles. The molecule has 27 heavy (non-hydrogen) atoms. The summed E-state index contributed by atoms with van der Waals surface area (Å²) in [6.07, 6.45) is 4.17. The Morgan fingerprint density at radius 1 is 1.26 bits per heavy atom. The molecule has 0 bridgehead atoms. The predicted octanol–water partition coefficient (Wildman–Crippen LogP) is 4.25. The summed E-state index contributed by atoms with van der Waals surface area (Å²) in [5.41, 5.74) is 2.15. The number of piperidine rings is 1. The number of anilines is 1. The number of nitriles is 1. The molecule has 1 aliphatic heterocycles. The number of amides is 2. The number of nitrogens with zero attached hydrogens (tertiary/aromatic N) is 3. The van der Waals surface area contributed by atoms with Crippen LogP contribution < -0.4 is 5.32 Å². The van der Waals surface area contributed by atoms with Gasteiger partial charge in [0.25, 0.3) is 0 Å². The fraction of sp³-hybridized carbons (Fsp3) is 0.250. The van der Waals surface area contributed by atoms with E-state index in [-0.39, 0.29) is 17.2 Å². The molecular formula is C20H18F2N4O. The molecule has 0 atom stereocenters. The number of hydrogen-bond acceptors (Lipinski definition) is 3. The first-order valence-electron chi connectivity index (χ1n) is 8.53. The van der Waals surface area contributed by atoms with Gasteiger partial charge in [-0.15, -0.1) is 0 Å². The van der Waals surface area contributed by atoms with Crippen LogP contribution in [0.15, 0.2) is 36.0 Å². The number of carbonyl (C=O) groups is 1. The van der Waals surface area contributed by atoms with E-state index >= 15 is 0 Å². The Morgan fingerprint density at radius 2 is 1.93 bits per heavy atom. The molecule has 2 aromatic rings. The molecule has 138 valence electrons. The lowest BCUT2D eigenvalue weighted by Gasteiger charge is -2.28. The van der Waals surface area contributed by atoms with Gasteiger partial charge in [-0.1, -0.05) is 5.57 Å². The van der Waals surface area contributed by atoms with Crippen molar-refractivity contribution in [2.24, 2.45) is 0 Å². The molecule has 1 fully saturated rings. The number of aromatic nitrogens is 1. The summed E-state index contributed by atoms with van der Waals surface area (Å²) < 4.78 is 28.0. The van der Waals surface area contributed by atoms with E-state index in [1.54, 1.807) is 29.3 Å². The highest BCUT2D eigenvalue weighted by Crippen LogP contribution is 2.24. The number of hydrogen-bond donors (Lipinski definition) is 1. The molecule has 0 spiro atoms. The van der Waals surface area contributed by atoms with Crippen molar-refractivity contribution >= 4 is 17.8 Å². The van der Waals surface area contributed by atoms with Gasteiger partial charge < -0.3 is 10.2 Å². The number of aryl methyl sites for hydroxylation is 1. The van der Waals surface area contributed by atoms with E-state index in [0.29, 0.717) is 31.6 Å². The van der Waals surface area contributed by atoms with Crippen LogP contribution in [0.3, 0.4) is 0 Å². The fourth-order valence-electron chi connectivity index (χ4n) is 2.96. The highest BCUT2D eigenvalue weighted by Gasteiger charge is 2.20. The predicted molar refractivity (Wildman–Crippen MR) is 97.8 cm³/mol. The van der Waals surface area contributed by atoms with E-state index in [4.69, 9.17) is 5.26 Å². The molecule has 0 saturated carbocycles. The lowest BCUT2D eigenvalue weighted by molar-refractivity contribution is 0.208. The summed E-state index contributed by atoms with van der Waals surface area (Å²) in [5.74, 6) is -1.51. The van der Waals surface area contributed by atoms with Crippen molar-refractivity contribution in [3.05, 3.63) is 64.5 Å². The maximum atomic E-state index is 14.0. The van der Waals surface area contributed by atoms with Crippen LogP contribution >= 0.6 is 0 Å². The minimum absolute atomic E-state index is 0.0509. The van der Waals surface area contributed by atoms with E-state index in [1.807, 2.05) is 6.92 Å². The van der Waals surface area contributed by atoms with Crippen LogP contribution in [0.1, 0.15) is 29.7 Å². The Labute approximate surface area is 155 Å². The van der Waals surface area contributed by atoms with Gasteiger partial charge in [-0.05, 0) is 50.1 Å². The molecule has 7 heteroatoms. The second kappa shape index (κ2) is 7.96. The zero-order valence-electron chi connectivity index (χ0n) is 14.8. The van der Waals surface area contributed by atoms with E-state index in [0.717, 1.165) is 23.4 Å². The number of urea groups is 1. The highest BCUT2D eigenvalue weighted by atomic mass is 19.1. The number of nitrogens with one attached hydrogen (secondary N) is 1. The van der Waals surface area contributed by atoms with E-state index in [9.17, 15) is 13.6 Å². The molecular weight excluding hydrogens is 350 g/mol. The first-order chi connectivity index (χ1) is 13.0. The van der Waals surface area contributed by atoms with Crippen LogP contribution in [0.25, 0.3) is 6.08 Å². The van der Waals surface area contributed by atoms with Crippen molar-refractivity contribution in [2.75, 3.05) is 18.4 Å². The van der Waals surface area contributed by atoms with E-state index < -0.39 is 11.6 Å². The molecule has 0 aliphatic carbocycles. The summed E-state index contributed by atoms with van der Waals surface area (Å²) in [4.78, 5) is 18.1. The normalized spacial score (nSPS) is 13.9. The Balaban J connectivity index is 1.64. The number of pyridine rings is 1. The number of carbonyl (C=O) groups excluding carboxylic acids is 1. The third kappa shape index (κ3) is 4.47. The molecule has 1 aromatic heterocycles. The topological polar surface area (TPSA) is 69.0 Å². The molecule has 2 amide bonds. The van der Waals surface area contributed by atoms with Crippen LogP contribution in [-0.4, -0.2) is 29.0 Å². The molecule has 5 nitrogen and oxygen atoms in total. The standard InChI is InChI=1S/C20H18F2N4O/c1-13-8-16(2-5-24-13)25-20(27)26-6-3-14(4-7-26)9-17-18(21)10-15(12-23)11-19(17)22/h2,5,8-11H,3-4,6-7H2,1H3,(H,24,25,27). The number of rotatable bonds is 2. The van der Waals surface area contributed by atoms with Crippen LogP contribution in [0, 0.1) is 29.9 Å². The van der Waals surface area contributed by atoms with Gasteiger partial charge in [0.2, 0.25) is 0 Å². The van der Waals surface area contributed by atoms with E-state index in [1.165, 1.54) is 6.08 Å². The maximum Gasteiger partial charge on any atom is 0.321 e. The first kappa shape index (κ1) is 18.5. The molecule has 0 unspecified atom stereocenters. The van der Waals surface area contributed by atoms with Gasteiger partial charge in [-0.2, -0.15) is 5.26 Å². The van der Waals surface area contributed by atoms with Crippen LogP contribution in [-0.2, 0) is 0 Å². The number of likely N-dealkylation sites (tertiary alicyclic amines) is 1. The van der Waals surface area contributed by atoms with Crippen molar-refractivity contribution in [3.63, 3.8) is 0 Å². The maximum absolute atomic E-state index is 14.0. The van der Waals surface area contributed by atoms with Gasteiger partial charge in [0.1, 0.15) is 11.6 Å². The van der Waals surface area contributed by atoms with Crippen molar-refractivity contribution in [1.29, 1.82) is 5.26 Å². The van der Waals surface area contributed by atoms with Gasteiger partial charge in [-0.3, -0.25) is 4.98 Å². The van der Waals surface area contributed by atoms with Crippen LogP contribution in [0.2, 0.25) is 0 Å². The smallest absolute Gasteiger partial charge is 0.321 e. The molecule has 3 rings (SSSR count). The van der Waals surface area contributed by atoms with Crippen molar-refractivity contribution < 1.29 is 13.6 Å². The Morgan fingerprint density at radius 3 is 2.52 bits per heavy atom. The quantitative estimate of drug-likeness (QED) is 0.861. The lowest BCUT2D eigenvalue weighted by Crippen LogP contribution is -2.39. The van der Waals surface area contributed by atoms with Gasteiger partial charge >= 0.3 is 6.03 Å². The third-order valence-corrected chi connectivity index (χ3v) is 4.40. The monoisotopic (exact) mass is 368 g/mol. The van der Waals surface area contributed by atoms with Gasteiger partial charge in [0.05, 0.1) is 11.6 Å². The molecule has 1 aliphatic rings. The Bertz CT molecular complexity index is 916. The Kier molecular flexibility index (Phi) is 5.46. The third-order valence-electron chi connectivity index (χ3n) is 4.40. The van der Waals surface area contributed by atoms with Crippen molar-refractivity contribution in [1.82, 2.24) is 9.88 Å². The number of halogens is 2. The lowest BCUT2D eigenvalue weighted by atomic mass is 10.00. The highest BCUT2D eigenvalue weighted by molar-refractivity contribution is 5.89. The summed E-state index contributed by atoms with van der Waals surface area (Å²) in [5, 5.41) is 11.6. The zero-order chi connectivity index (χ0) is 19.4. The summed E-state index contributed by atoms with van der Waals surface area (Å²) in [6.45, 7) is 2.76. The second-order valence-electron chi connectivity index (χ2n) is 6.37. The average Bonchev–Trinajstić information content (AvgIpc) is 2.65. The minimum Gasteiger partial charge on any atom is -0.324 e. The van der Waals surface area contributed by atoms with Gasteiger partial charge in [0.15, 0.2) is 0 Å². The van der Waals surface area contributed by atoms with Gasteiger partial charge in [-0.25, -0.2) is 13.6 Å². The molecule has 1 saturated heterocycles. The van der Waals surface area contributed by atoms with Crippen molar-refractivity contribution in [3.8, 4) is 6.07 Å². The number of benzene rings is 1. The SMILES string of the molecule is Cc1cc(NC(=O)N2CCC(=Cc3c(F)cc(C#N)cc3F)CC2)ccn1. The van der Waals surface area contributed by atoms with E-state index in [2.05, 4.69) is 10.3 Å². The minimum atomic E-state index is -0.757. The summed E-state index contributed by atoms with van der Waals surface area (Å²) >= 11 is 0. The van der Waals surface area contributed by atoms with Crippen molar-refractivity contribution in [2.45, 2.75) is 19.8 Å². The molecule has 2 heterocycles. The average molecular weight is 368 g/mol. The van der Waals surface area contributed by atoms with Crippen LogP contribution in [0.4, 0.5) is 19.3 Å². The van der Waals surface area contributed by atoms with Crippen LogP contribution in [0.5, 0.6) is 0 Å². The van der Waals surface area contributed by atoms with Gasteiger partial charge in [0, 0.05) is 36.2 Å². The zero-order valence-corrected chi connectivity index (χ0v) is 14.8. The second-order valence-corrected chi connectivity index (χ2v) is 6.37. The Hall–Kier alpha value is -3.27. The first-order valence-corrected chi connectivity index (χ1v) is 8.53. The summed E-state index contributed by atoms with van der Waals surface area (Å²) in [6, 6.07) is 7.06. The largest absolute Gasteiger partial charge is 0.324 e. The molecule has 0 radical (unpaired) electrons. The summed E-state index contributed by atoms with van der Waals surface area (Å²) in [7, 11) is 0. The fourth-order valence-corrected chi connectivity index (χ4v) is 2.96. The molecule has 1 N–H and O–H groups in total.